The van der Waals surface area contributed by atoms with Gasteiger partial charge in [0.05, 0.1) is 17.1 Å². The van der Waals surface area contributed by atoms with Crippen molar-refractivity contribution in [2.45, 2.75) is 31.9 Å². The van der Waals surface area contributed by atoms with Gasteiger partial charge in [-0.2, -0.15) is 0 Å². The van der Waals surface area contributed by atoms with Gasteiger partial charge in [-0.3, -0.25) is 0 Å². The van der Waals surface area contributed by atoms with E-state index < -0.39 is 0 Å². The van der Waals surface area contributed by atoms with E-state index in [0.717, 1.165) is 40.5 Å². The van der Waals surface area contributed by atoms with Crippen LogP contribution in [0.5, 0.6) is 0 Å². The third-order valence-corrected chi connectivity index (χ3v) is 5.06. The summed E-state index contributed by atoms with van der Waals surface area (Å²) in [5.74, 6) is 0.444. The maximum absolute atomic E-state index is 11.4. The molecule has 114 valence electrons. The Hall–Kier alpha value is -1.11. The zero-order chi connectivity index (χ0) is 15.0. The highest BCUT2D eigenvalue weighted by molar-refractivity contribution is 9.10. The van der Waals surface area contributed by atoms with E-state index in [0.29, 0.717) is 5.92 Å². The van der Waals surface area contributed by atoms with Crippen molar-refractivity contribution in [3.05, 3.63) is 32.7 Å². The van der Waals surface area contributed by atoms with E-state index >= 15 is 0 Å². The van der Waals surface area contributed by atoms with E-state index in [4.69, 9.17) is 4.74 Å². The van der Waals surface area contributed by atoms with Crippen LogP contribution in [-0.2, 0) is 4.74 Å². The fraction of sp³-hybridized carbons (Fsp3) is 0.533. The Balaban J connectivity index is 2.03. The summed E-state index contributed by atoms with van der Waals surface area (Å²) < 4.78 is 6.84. The number of aromatic amines is 2. The van der Waals surface area contributed by atoms with Gasteiger partial charge < -0.3 is 20.0 Å². The van der Waals surface area contributed by atoms with E-state index in [1.807, 2.05) is 19.2 Å². The molecule has 0 radical (unpaired) electrons. The highest BCUT2D eigenvalue weighted by atomic mass is 79.9. The van der Waals surface area contributed by atoms with Crippen LogP contribution in [0.2, 0.25) is 0 Å². The summed E-state index contributed by atoms with van der Waals surface area (Å²) in [7, 11) is 1.98. The van der Waals surface area contributed by atoms with Crippen LogP contribution < -0.4 is 11.0 Å². The second-order valence-electron chi connectivity index (χ2n) is 5.53. The number of hydrogen-bond acceptors (Lipinski definition) is 3. The number of halogens is 1. The molecule has 0 saturated carbocycles. The number of rotatable bonds is 4. The van der Waals surface area contributed by atoms with Crippen molar-refractivity contribution in [2.24, 2.45) is 5.92 Å². The first kappa shape index (κ1) is 14.8. The van der Waals surface area contributed by atoms with Crippen molar-refractivity contribution >= 4 is 27.0 Å². The smallest absolute Gasteiger partial charge is 0.323 e. The van der Waals surface area contributed by atoms with E-state index in [9.17, 15) is 4.79 Å². The number of fused-ring (bicyclic) bond motifs is 1. The van der Waals surface area contributed by atoms with Gasteiger partial charge in [-0.15, -0.1) is 0 Å². The maximum Gasteiger partial charge on any atom is 0.323 e. The summed E-state index contributed by atoms with van der Waals surface area (Å²) in [6.07, 6.45) is 2.36. The molecule has 1 saturated heterocycles. The molecular weight excluding hydrogens is 334 g/mol. The van der Waals surface area contributed by atoms with Crippen molar-refractivity contribution in [1.82, 2.24) is 15.3 Å². The van der Waals surface area contributed by atoms with Crippen LogP contribution >= 0.6 is 15.9 Å². The number of ether oxygens (including phenoxy) is 1. The molecule has 3 N–H and O–H groups in total. The number of nitrogens with one attached hydrogen (secondary N) is 3. The predicted octanol–water partition coefficient (Wildman–Crippen LogP) is 2.69. The number of imidazole rings is 1. The molecule has 3 rings (SSSR count). The average molecular weight is 354 g/mol. The minimum atomic E-state index is -0.175. The van der Waals surface area contributed by atoms with Crippen molar-refractivity contribution in [3.8, 4) is 0 Å². The lowest BCUT2D eigenvalue weighted by Crippen LogP contribution is -2.30. The minimum Gasteiger partial charge on any atom is -0.378 e. The van der Waals surface area contributed by atoms with E-state index in [-0.39, 0.29) is 17.8 Å². The number of H-pyrrole nitrogens is 2. The molecule has 0 spiro atoms. The molecule has 5 nitrogen and oxygen atoms in total. The Bertz CT molecular complexity index is 694. The van der Waals surface area contributed by atoms with Crippen molar-refractivity contribution in [2.75, 3.05) is 13.7 Å². The van der Waals surface area contributed by atoms with E-state index in [1.54, 1.807) is 0 Å². The first-order chi connectivity index (χ1) is 10.1. The van der Waals surface area contributed by atoms with Crippen LogP contribution in [0.15, 0.2) is 21.4 Å². The lowest BCUT2D eigenvalue weighted by atomic mass is 9.86. The van der Waals surface area contributed by atoms with E-state index in [2.05, 4.69) is 38.1 Å². The van der Waals surface area contributed by atoms with Gasteiger partial charge >= 0.3 is 5.69 Å². The summed E-state index contributed by atoms with van der Waals surface area (Å²) in [5.41, 5.74) is 2.64. The second-order valence-corrected chi connectivity index (χ2v) is 6.39. The Kier molecular flexibility index (Phi) is 4.19. The van der Waals surface area contributed by atoms with Gasteiger partial charge in [-0.1, -0.05) is 22.9 Å². The van der Waals surface area contributed by atoms with Crippen molar-refractivity contribution < 1.29 is 4.74 Å². The lowest BCUT2D eigenvalue weighted by Gasteiger charge is -2.28. The summed E-state index contributed by atoms with van der Waals surface area (Å²) in [6, 6.07) is 4.21. The predicted molar refractivity (Wildman–Crippen MR) is 86.6 cm³/mol. The van der Waals surface area contributed by atoms with Crippen LogP contribution in [0.25, 0.3) is 11.0 Å². The highest BCUT2D eigenvalue weighted by Crippen LogP contribution is 2.38. The van der Waals surface area contributed by atoms with Gasteiger partial charge in [0, 0.05) is 23.0 Å². The Morgan fingerprint density at radius 1 is 1.43 bits per heavy atom. The molecule has 2 aromatic rings. The molecular formula is C15H20BrN3O2. The van der Waals surface area contributed by atoms with Crippen LogP contribution in [0, 0.1) is 5.92 Å². The van der Waals surface area contributed by atoms with Gasteiger partial charge in [0.25, 0.3) is 0 Å². The Morgan fingerprint density at radius 2 is 2.14 bits per heavy atom. The fourth-order valence-electron chi connectivity index (χ4n) is 3.38. The van der Waals surface area contributed by atoms with Crippen molar-refractivity contribution in [1.29, 1.82) is 0 Å². The monoisotopic (exact) mass is 353 g/mol. The van der Waals surface area contributed by atoms with Crippen LogP contribution in [-0.4, -0.2) is 29.7 Å². The van der Waals surface area contributed by atoms with Crippen LogP contribution in [0.1, 0.15) is 31.4 Å². The Labute approximate surface area is 131 Å². The second kappa shape index (κ2) is 5.94. The topological polar surface area (TPSA) is 69.9 Å². The molecule has 0 bridgehead atoms. The molecule has 1 aliphatic heterocycles. The summed E-state index contributed by atoms with van der Waals surface area (Å²) in [4.78, 5) is 17.1. The standard InChI is InChI=1S/C15H20BrN3O2/c1-3-13-8(4-5-21-13)14(17-2)9-6-11-12(7-10(9)16)19-15(20)18-11/h6-8,13-14,17H,3-5H2,1-2H3,(H2,18,19,20). The van der Waals surface area contributed by atoms with Crippen molar-refractivity contribution in [3.63, 3.8) is 0 Å². The zero-order valence-electron chi connectivity index (χ0n) is 12.2. The summed E-state index contributed by atoms with van der Waals surface area (Å²) >= 11 is 3.64. The summed E-state index contributed by atoms with van der Waals surface area (Å²) in [5, 5.41) is 3.42. The van der Waals surface area contributed by atoms with Gasteiger partial charge in [0.15, 0.2) is 0 Å². The molecule has 6 heteroatoms. The van der Waals surface area contributed by atoms with E-state index in [1.165, 1.54) is 0 Å². The third-order valence-electron chi connectivity index (χ3n) is 4.37. The molecule has 0 aliphatic carbocycles. The molecule has 3 atom stereocenters. The molecule has 1 fully saturated rings. The first-order valence-corrected chi connectivity index (χ1v) is 8.13. The fourth-order valence-corrected chi connectivity index (χ4v) is 3.97. The average Bonchev–Trinajstić information content (AvgIpc) is 3.05. The molecule has 1 aliphatic rings. The number of aromatic nitrogens is 2. The highest BCUT2D eigenvalue weighted by Gasteiger charge is 2.34. The van der Waals surface area contributed by atoms with Gasteiger partial charge in [-0.05, 0) is 37.6 Å². The molecule has 1 aromatic carbocycles. The van der Waals surface area contributed by atoms with Crippen LogP contribution in [0.3, 0.4) is 0 Å². The number of benzene rings is 1. The lowest BCUT2D eigenvalue weighted by molar-refractivity contribution is 0.0782. The molecule has 3 unspecified atom stereocenters. The van der Waals surface area contributed by atoms with Gasteiger partial charge in [-0.25, -0.2) is 4.79 Å². The van der Waals surface area contributed by atoms with Gasteiger partial charge in [0.2, 0.25) is 0 Å². The summed E-state index contributed by atoms with van der Waals surface area (Å²) in [6.45, 7) is 2.99. The minimum absolute atomic E-state index is 0.175. The Morgan fingerprint density at radius 3 is 2.81 bits per heavy atom. The third kappa shape index (κ3) is 2.67. The zero-order valence-corrected chi connectivity index (χ0v) is 13.8. The first-order valence-electron chi connectivity index (χ1n) is 7.34. The van der Waals surface area contributed by atoms with Crippen LogP contribution in [0.4, 0.5) is 0 Å². The number of hydrogen-bond donors (Lipinski definition) is 3. The maximum atomic E-state index is 11.4. The largest absolute Gasteiger partial charge is 0.378 e. The van der Waals surface area contributed by atoms with Gasteiger partial charge in [0.1, 0.15) is 0 Å². The SMILES string of the molecule is CCC1OCCC1C(NC)c1cc2[nH]c(=O)[nH]c2cc1Br. The normalized spacial score (nSPS) is 23.8. The quantitative estimate of drug-likeness (QED) is 0.791. The molecule has 2 heterocycles. The molecule has 21 heavy (non-hydrogen) atoms. The molecule has 0 amide bonds. The molecule has 1 aromatic heterocycles.